The Bertz CT molecular complexity index is 165. The summed E-state index contributed by atoms with van der Waals surface area (Å²) in [5.74, 6) is 0.0652. The van der Waals surface area contributed by atoms with Crippen molar-refractivity contribution in [2.75, 3.05) is 0 Å². The van der Waals surface area contributed by atoms with Crippen LogP contribution in [0.2, 0.25) is 0 Å². The third-order valence-electron chi connectivity index (χ3n) is 1.68. The normalized spacial score (nSPS) is 24.9. The van der Waals surface area contributed by atoms with E-state index in [0.717, 1.165) is 12.8 Å². The molecule has 1 aliphatic rings. The van der Waals surface area contributed by atoms with Gasteiger partial charge in [0, 0.05) is 13.3 Å². The smallest absolute Gasteiger partial charge is 0.217 e. The Labute approximate surface area is 59.8 Å². The third kappa shape index (κ3) is 1.56. The zero-order valence-electron chi connectivity index (χ0n) is 6.02. The molecule has 1 unspecified atom stereocenters. The third-order valence-corrected chi connectivity index (χ3v) is 1.68. The molecular formula is C7H11NO2. The Hall–Kier alpha value is -0.860. The first-order chi connectivity index (χ1) is 4.70. The van der Waals surface area contributed by atoms with E-state index >= 15 is 0 Å². The van der Waals surface area contributed by atoms with Gasteiger partial charge in [0.05, 0.1) is 6.04 Å². The van der Waals surface area contributed by atoms with Crippen LogP contribution >= 0.6 is 0 Å². The first-order valence-electron chi connectivity index (χ1n) is 3.50. The van der Waals surface area contributed by atoms with Crippen LogP contribution in [0, 0.1) is 0 Å². The SMILES string of the molecule is CC(=O)NC1CCCC1=O. The summed E-state index contributed by atoms with van der Waals surface area (Å²) >= 11 is 0. The number of nitrogens with one attached hydrogen (secondary N) is 1. The average Bonchev–Trinajstić information content (AvgIpc) is 2.15. The van der Waals surface area contributed by atoms with Crippen molar-refractivity contribution in [1.82, 2.24) is 5.32 Å². The van der Waals surface area contributed by atoms with E-state index in [1.807, 2.05) is 0 Å². The van der Waals surface area contributed by atoms with Gasteiger partial charge in [-0.2, -0.15) is 0 Å². The number of carbonyl (C=O) groups is 2. The molecule has 1 fully saturated rings. The molecule has 10 heavy (non-hydrogen) atoms. The van der Waals surface area contributed by atoms with Gasteiger partial charge in [-0.25, -0.2) is 0 Å². The van der Waals surface area contributed by atoms with Gasteiger partial charge >= 0.3 is 0 Å². The van der Waals surface area contributed by atoms with Crippen molar-refractivity contribution in [3.8, 4) is 0 Å². The van der Waals surface area contributed by atoms with E-state index in [-0.39, 0.29) is 17.7 Å². The highest BCUT2D eigenvalue weighted by Gasteiger charge is 2.24. The van der Waals surface area contributed by atoms with Crippen LogP contribution in [0.25, 0.3) is 0 Å². The van der Waals surface area contributed by atoms with Crippen LogP contribution in [0.5, 0.6) is 0 Å². The largest absolute Gasteiger partial charge is 0.347 e. The molecule has 0 bridgehead atoms. The van der Waals surface area contributed by atoms with E-state index in [2.05, 4.69) is 5.32 Å². The number of amides is 1. The van der Waals surface area contributed by atoms with E-state index in [4.69, 9.17) is 0 Å². The van der Waals surface area contributed by atoms with Gasteiger partial charge in [-0.05, 0) is 12.8 Å². The zero-order valence-corrected chi connectivity index (χ0v) is 6.02. The van der Waals surface area contributed by atoms with Crippen LogP contribution in [0.15, 0.2) is 0 Å². The molecule has 0 heterocycles. The molecule has 1 rings (SSSR count). The molecule has 1 N–H and O–H groups in total. The predicted octanol–water partition coefficient (Wildman–Crippen LogP) is 0.244. The van der Waals surface area contributed by atoms with E-state index in [1.54, 1.807) is 0 Å². The zero-order chi connectivity index (χ0) is 7.56. The molecule has 0 radical (unpaired) electrons. The minimum atomic E-state index is -0.183. The molecule has 0 aromatic carbocycles. The lowest BCUT2D eigenvalue weighted by atomic mass is 10.2. The fourth-order valence-electron chi connectivity index (χ4n) is 1.21. The van der Waals surface area contributed by atoms with E-state index in [1.165, 1.54) is 6.92 Å². The van der Waals surface area contributed by atoms with Gasteiger partial charge in [0.1, 0.15) is 0 Å². The van der Waals surface area contributed by atoms with Gasteiger partial charge in [-0.3, -0.25) is 9.59 Å². The number of hydrogen-bond acceptors (Lipinski definition) is 2. The maximum absolute atomic E-state index is 10.9. The van der Waals surface area contributed by atoms with Gasteiger partial charge < -0.3 is 5.32 Å². The van der Waals surface area contributed by atoms with E-state index in [9.17, 15) is 9.59 Å². The fraction of sp³-hybridized carbons (Fsp3) is 0.714. The number of carbonyl (C=O) groups excluding carboxylic acids is 2. The molecule has 0 spiro atoms. The Morgan fingerprint density at radius 2 is 2.40 bits per heavy atom. The summed E-state index contributed by atoms with van der Waals surface area (Å²) in [5, 5.41) is 2.60. The van der Waals surface area contributed by atoms with Gasteiger partial charge in [-0.1, -0.05) is 0 Å². The first-order valence-corrected chi connectivity index (χ1v) is 3.50. The molecule has 3 heteroatoms. The van der Waals surface area contributed by atoms with Crippen molar-refractivity contribution in [2.24, 2.45) is 0 Å². The molecule has 1 saturated carbocycles. The Kier molecular flexibility index (Phi) is 2.04. The summed E-state index contributed by atoms with van der Waals surface area (Å²) in [6.07, 6.45) is 2.37. The van der Waals surface area contributed by atoms with Crippen LogP contribution in [-0.4, -0.2) is 17.7 Å². The first kappa shape index (κ1) is 7.25. The molecule has 3 nitrogen and oxygen atoms in total. The molecule has 1 atom stereocenters. The Morgan fingerprint density at radius 1 is 1.70 bits per heavy atom. The van der Waals surface area contributed by atoms with Crippen molar-refractivity contribution in [3.63, 3.8) is 0 Å². The van der Waals surface area contributed by atoms with Crippen molar-refractivity contribution in [1.29, 1.82) is 0 Å². The van der Waals surface area contributed by atoms with Gasteiger partial charge in [0.2, 0.25) is 5.91 Å². The maximum Gasteiger partial charge on any atom is 0.217 e. The number of rotatable bonds is 1. The summed E-state index contributed by atoms with van der Waals surface area (Å²) in [5.41, 5.74) is 0. The molecule has 0 aromatic rings. The van der Waals surface area contributed by atoms with Gasteiger partial charge in [0.15, 0.2) is 5.78 Å². The van der Waals surface area contributed by atoms with Crippen LogP contribution in [0.4, 0.5) is 0 Å². The van der Waals surface area contributed by atoms with Crippen molar-refractivity contribution >= 4 is 11.7 Å². The summed E-state index contributed by atoms with van der Waals surface area (Å²) in [6, 6.07) is -0.183. The molecule has 0 aliphatic heterocycles. The monoisotopic (exact) mass is 141 g/mol. The highest BCUT2D eigenvalue weighted by Crippen LogP contribution is 2.13. The van der Waals surface area contributed by atoms with Gasteiger partial charge in [0.25, 0.3) is 0 Å². The standard InChI is InChI=1S/C7H11NO2/c1-5(9)8-6-3-2-4-7(6)10/h6H,2-4H2,1H3,(H,8,9). The Morgan fingerprint density at radius 3 is 2.80 bits per heavy atom. The molecule has 1 aliphatic carbocycles. The van der Waals surface area contributed by atoms with Crippen LogP contribution in [-0.2, 0) is 9.59 Å². The maximum atomic E-state index is 10.9. The van der Waals surface area contributed by atoms with Crippen LogP contribution in [0.1, 0.15) is 26.2 Å². The molecule has 1 amide bonds. The number of hydrogen-bond donors (Lipinski definition) is 1. The summed E-state index contributed by atoms with van der Waals surface area (Å²) in [6.45, 7) is 1.44. The molecule has 56 valence electrons. The Balaban J connectivity index is 2.40. The second-order valence-corrected chi connectivity index (χ2v) is 2.61. The highest BCUT2D eigenvalue weighted by molar-refractivity contribution is 5.89. The predicted molar refractivity (Wildman–Crippen MR) is 36.5 cm³/mol. The van der Waals surface area contributed by atoms with Crippen molar-refractivity contribution in [3.05, 3.63) is 0 Å². The second-order valence-electron chi connectivity index (χ2n) is 2.61. The minimum Gasteiger partial charge on any atom is -0.347 e. The summed E-state index contributed by atoms with van der Waals surface area (Å²) < 4.78 is 0. The summed E-state index contributed by atoms with van der Waals surface area (Å²) in [4.78, 5) is 21.4. The lowest BCUT2D eigenvalue weighted by Gasteiger charge is -2.06. The minimum absolute atomic E-state index is 0.111. The quantitative estimate of drug-likeness (QED) is 0.568. The number of ketones is 1. The summed E-state index contributed by atoms with van der Waals surface area (Å²) in [7, 11) is 0. The highest BCUT2D eigenvalue weighted by atomic mass is 16.2. The average molecular weight is 141 g/mol. The second kappa shape index (κ2) is 2.82. The molecule has 0 saturated heterocycles. The van der Waals surface area contributed by atoms with Crippen LogP contribution < -0.4 is 5.32 Å². The number of Topliss-reactive ketones (excluding diaryl/α,β-unsaturated/α-hetero) is 1. The van der Waals surface area contributed by atoms with E-state index in [0.29, 0.717) is 6.42 Å². The fourth-order valence-corrected chi connectivity index (χ4v) is 1.21. The van der Waals surface area contributed by atoms with Crippen molar-refractivity contribution < 1.29 is 9.59 Å². The van der Waals surface area contributed by atoms with Gasteiger partial charge in [-0.15, -0.1) is 0 Å². The van der Waals surface area contributed by atoms with Crippen molar-refractivity contribution in [2.45, 2.75) is 32.2 Å². The molecule has 0 aromatic heterocycles. The van der Waals surface area contributed by atoms with Crippen LogP contribution in [0.3, 0.4) is 0 Å². The van der Waals surface area contributed by atoms with E-state index < -0.39 is 0 Å². The topological polar surface area (TPSA) is 46.2 Å². The molecular weight excluding hydrogens is 130 g/mol. The lowest BCUT2D eigenvalue weighted by molar-refractivity contribution is -0.125. The lowest BCUT2D eigenvalue weighted by Crippen LogP contribution is -2.35.